The SMILES string of the molecule is Cc1ccc(-c2ccc(OC(F)(F)F)cc2)cc1-c1ccc(OC(F)(F)F)cc1. The summed E-state index contributed by atoms with van der Waals surface area (Å²) >= 11 is 0. The van der Waals surface area contributed by atoms with Gasteiger partial charge in [0, 0.05) is 0 Å². The second kappa shape index (κ2) is 7.69. The molecule has 2 nitrogen and oxygen atoms in total. The molecule has 0 heterocycles. The first-order valence-corrected chi connectivity index (χ1v) is 8.33. The smallest absolute Gasteiger partial charge is 0.406 e. The van der Waals surface area contributed by atoms with Gasteiger partial charge < -0.3 is 9.47 Å². The Morgan fingerprint density at radius 1 is 0.552 bits per heavy atom. The van der Waals surface area contributed by atoms with Crippen molar-refractivity contribution in [3.63, 3.8) is 0 Å². The Hall–Kier alpha value is -3.16. The highest BCUT2D eigenvalue weighted by atomic mass is 19.4. The zero-order valence-corrected chi connectivity index (χ0v) is 14.9. The number of hydrogen-bond acceptors (Lipinski definition) is 2. The first-order chi connectivity index (χ1) is 13.5. The van der Waals surface area contributed by atoms with Crippen molar-refractivity contribution in [2.45, 2.75) is 19.6 Å². The third-order valence-electron chi connectivity index (χ3n) is 4.06. The van der Waals surface area contributed by atoms with Crippen molar-refractivity contribution in [2.75, 3.05) is 0 Å². The molecule has 0 fully saturated rings. The fourth-order valence-corrected chi connectivity index (χ4v) is 2.80. The average molecular weight is 412 g/mol. The lowest BCUT2D eigenvalue weighted by Gasteiger charge is -2.12. The van der Waals surface area contributed by atoms with E-state index in [0.29, 0.717) is 11.1 Å². The number of hydrogen-bond donors (Lipinski definition) is 0. The third-order valence-corrected chi connectivity index (χ3v) is 4.06. The van der Waals surface area contributed by atoms with Gasteiger partial charge in [-0.25, -0.2) is 0 Å². The number of aryl methyl sites for hydroxylation is 1. The summed E-state index contributed by atoms with van der Waals surface area (Å²) in [7, 11) is 0. The molecule has 0 N–H and O–H groups in total. The predicted molar refractivity (Wildman–Crippen MR) is 95.4 cm³/mol. The molecule has 0 unspecified atom stereocenters. The molecule has 0 bridgehead atoms. The second-order valence-electron chi connectivity index (χ2n) is 6.17. The van der Waals surface area contributed by atoms with Crippen LogP contribution in [0.1, 0.15) is 5.56 Å². The van der Waals surface area contributed by atoms with Gasteiger partial charge in [0.25, 0.3) is 0 Å². The summed E-state index contributed by atoms with van der Waals surface area (Å²) in [5, 5.41) is 0. The van der Waals surface area contributed by atoms with Gasteiger partial charge in [0.2, 0.25) is 0 Å². The molecular weight excluding hydrogens is 398 g/mol. The molecular formula is C21H14F6O2. The quantitative estimate of drug-likeness (QED) is 0.425. The number of benzene rings is 3. The fraction of sp³-hybridized carbons (Fsp3) is 0.143. The fourth-order valence-electron chi connectivity index (χ4n) is 2.80. The van der Waals surface area contributed by atoms with E-state index in [1.54, 1.807) is 6.07 Å². The minimum atomic E-state index is -4.76. The second-order valence-corrected chi connectivity index (χ2v) is 6.17. The van der Waals surface area contributed by atoms with E-state index in [1.807, 2.05) is 19.1 Å². The molecule has 0 aliphatic heterocycles. The molecule has 0 amide bonds. The molecule has 0 spiro atoms. The lowest BCUT2D eigenvalue weighted by molar-refractivity contribution is -0.275. The van der Waals surface area contributed by atoms with Gasteiger partial charge >= 0.3 is 12.7 Å². The van der Waals surface area contributed by atoms with Crippen molar-refractivity contribution in [3.05, 3.63) is 72.3 Å². The maximum absolute atomic E-state index is 12.3. The van der Waals surface area contributed by atoms with Crippen LogP contribution >= 0.6 is 0 Å². The van der Waals surface area contributed by atoms with Crippen LogP contribution in [0.25, 0.3) is 22.3 Å². The van der Waals surface area contributed by atoms with E-state index < -0.39 is 12.7 Å². The first-order valence-electron chi connectivity index (χ1n) is 8.33. The van der Waals surface area contributed by atoms with Crippen LogP contribution < -0.4 is 9.47 Å². The number of rotatable bonds is 4. The van der Waals surface area contributed by atoms with Gasteiger partial charge in [0.1, 0.15) is 11.5 Å². The molecule has 0 atom stereocenters. The Morgan fingerprint density at radius 3 is 1.41 bits per heavy atom. The zero-order chi connectivity index (χ0) is 21.2. The van der Waals surface area contributed by atoms with E-state index in [-0.39, 0.29) is 11.5 Å². The number of halogens is 6. The highest BCUT2D eigenvalue weighted by Crippen LogP contribution is 2.32. The van der Waals surface area contributed by atoms with Gasteiger partial charge in [0.05, 0.1) is 0 Å². The van der Waals surface area contributed by atoms with Crippen LogP contribution in [0.15, 0.2) is 66.7 Å². The van der Waals surface area contributed by atoms with E-state index in [2.05, 4.69) is 9.47 Å². The first kappa shape index (κ1) is 20.6. The van der Waals surface area contributed by atoms with Gasteiger partial charge in [-0.3, -0.25) is 0 Å². The van der Waals surface area contributed by atoms with Gasteiger partial charge in [-0.2, -0.15) is 0 Å². The number of ether oxygens (including phenoxy) is 2. The standard InChI is InChI=1S/C21H14F6O2/c1-13-2-3-16(14-4-8-17(9-5-14)28-20(22,23)24)12-19(13)15-6-10-18(11-7-15)29-21(25,26)27/h2-12H,1H3. The normalized spacial score (nSPS) is 12.0. The van der Waals surface area contributed by atoms with Crippen molar-refractivity contribution < 1.29 is 35.8 Å². The lowest BCUT2D eigenvalue weighted by atomic mass is 9.95. The van der Waals surface area contributed by atoms with E-state index in [9.17, 15) is 26.3 Å². The van der Waals surface area contributed by atoms with Crippen molar-refractivity contribution in [3.8, 4) is 33.8 Å². The molecule has 0 saturated carbocycles. The minimum Gasteiger partial charge on any atom is -0.406 e. The summed E-state index contributed by atoms with van der Waals surface area (Å²) in [6.45, 7) is 1.85. The molecule has 8 heteroatoms. The summed E-state index contributed by atoms with van der Waals surface area (Å²) in [4.78, 5) is 0. The van der Waals surface area contributed by atoms with Crippen molar-refractivity contribution in [2.24, 2.45) is 0 Å². The summed E-state index contributed by atoms with van der Waals surface area (Å²) < 4.78 is 81.4. The summed E-state index contributed by atoms with van der Waals surface area (Å²) in [6, 6.07) is 16.3. The summed E-state index contributed by atoms with van der Waals surface area (Å²) in [5.74, 6) is -0.649. The van der Waals surface area contributed by atoms with Crippen LogP contribution in [-0.2, 0) is 0 Å². The van der Waals surface area contributed by atoms with Gasteiger partial charge in [0.15, 0.2) is 0 Å². The largest absolute Gasteiger partial charge is 0.573 e. The Bertz CT molecular complexity index is 974. The van der Waals surface area contributed by atoms with Crippen molar-refractivity contribution >= 4 is 0 Å². The van der Waals surface area contributed by atoms with Crippen LogP contribution in [0.4, 0.5) is 26.3 Å². The molecule has 0 aliphatic rings. The lowest BCUT2D eigenvalue weighted by Crippen LogP contribution is -2.16. The molecule has 3 aromatic rings. The van der Waals surface area contributed by atoms with E-state index in [4.69, 9.17) is 0 Å². The van der Waals surface area contributed by atoms with Crippen molar-refractivity contribution in [1.82, 2.24) is 0 Å². The molecule has 152 valence electrons. The summed E-state index contributed by atoms with van der Waals surface area (Å²) in [6.07, 6.45) is -9.53. The van der Waals surface area contributed by atoms with Crippen LogP contribution in [0.5, 0.6) is 11.5 Å². The summed E-state index contributed by atoms with van der Waals surface area (Å²) in [5.41, 5.74) is 3.74. The van der Waals surface area contributed by atoms with Crippen LogP contribution in [0.2, 0.25) is 0 Å². The van der Waals surface area contributed by atoms with E-state index in [0.717, 1.165) is 16.7 Å². The Kier molecular flexibility index (Phi) is 5.46. The molecule has 3 aromatic carbocycles. The third kappa shape index (κ3) is 5.66. The van der Waals surface area contributed by atoms with Crippen LogP contribution in [0.3, 0.4) is 0 Å². The van der Waals surface area contributed by atoms with Crippen molar-refractivity contribution in [1.29, 1.82) is 0 Å². The monoisotopic (exact) mass is 412 g/mol. The zero-order valence-electron chi connectivity index (χ0n) is 14.9. The Balaban J connectivity index is 1.87. The van der Waals surface area contributed by atoms with Gasteiger partial charge in [-0.15, -0.1) is 26.3 Å². The van der Waals surface area contributed by atoms with Gasteiger partial charge in [-0.05, 0) is 65.1 Å². The molecule has 3 rings (SSSR count). The van der Waals surface area contributed by atoms with E-state index >= 15 is 0 Å². The van der Waals surface area contributed by atoms with Crippen LogP contribution in [-0.4, -0.2) is 12.7 Å². The molecule has 0 radical (unpaired) electrons. The minimum absolute atomic E-state index is 0.324. The average Bonchev–Trinajstić information content (AvgIpc) is 2.61. The predicted octanol–water partition coefficient (Wildman–Crippen LogP) is 7.13. The molecule has 0 aromatic heterocycles. The van der Waals surface area contributed by atoms with E-state index in [1.165, 1.54) is 48.5 Å². The Labute approximate surface area is 162 Å². The Morgan fingerprint density at radius 2 is 0.966 bits per heavy atom. The maximum atomic E-state index is 12.3. The number of alkyl halides is 6. The topological polar surface area (TPSA) is 18.5 Å². The maximum Gasteiger partial charge on any atom is 0.573 e. The molecule has 0 aliphatic carbocycles. The highest BCUT2D eigenvalue weighted by Gasteiger charge is 2.31. The molecule has 0 saturated heterocycles. The van der Waals surface area contributed by atoms with Crippen LogP contribution in [0, 0.1) is 6.92 Å². The van der Waals surface area contributed by atoms with Gasteiger partial charge in [-0.1, -0.05) is 36.4 Å². The highest BCUT2D eigenvalue weighted by molar-refractivity contribution is 5.75. The molecule has 29 heavy (non-hydrogen) atoms.